The molecular weight excluding hydrogens is 268 g/mol. The summed E-state index contributed by atoms with van der Waals surface area (Å²) < 4.78 is 5.59. The first kappa shape index (κ1) is 14.1. The van der Waals surface area contributed by atoms with Crippen molar-refractivity contribution < 1.29 is 9.66 Å². The van der Waals surface area contributed by atoms with Crippen molar-refractivity contribution in [3.05, 3.63) is 33.3 Å². The van der Waals surface area contributed by atoms with Crippen molar-refractivity contribution in [2.75, 3.05) is 19.7 Å². The predicted octanol–water partition coefficient (Wildman–Crippen LogP) is 3.02. The lowest BCUT2D eigenvalue weighted by molar-refractivity contribution is -0.384. The number of nitrogens with one attached hydrogen (secondary N) is 1. The van der Waals surface area contributed by atoms with Crippen molar-refractivity contribution in [1.29, 1.82) is 0 Å². The van der Waals surface area contributed by atoms with Gasteiger partial charge in [-0.25, -0.2) is 0 Å². The topological polar surface area (TPSA) is 64.4 Å². The van der Waals surface area contributed by atoms with Crippen molar-refractivity contribution in [2.24, 2.45) is 5.92 Å². The number of ether oxygens (including phenoxy) is 1. The minimum Gasteiger partial charge on any atom is -0.494 e. The summed E-state index contributed by atoms with van der Waals surface area (Å²) in [5.74, 6) is 1.24. The molecule has 1 aromatic rings. The Kier molecular flexibility index (Phi) is 4.99. The maximum absolute atomic E-state index is 10.6. The second-order valence-electron chi connectivity index (χ2n) is 4.72. The highest BCUT2D eigenvalue weighted by Crippen LogP contribution is 2.28. The molecule has 0 amide bonds. The van der Waals surface area contributed by atoms with Gasteiger partial charge in [-0.2, -0.15) is 0 Å². The molecule has 0 saturated carbocycles. The normalized spacial score (nSPS) is 19.1. The van der Waals surface area contributed by atoms with E-state index in [1.165, 1.54) is 25.0 Å². The summed E-state index contributed by atoms with van der Waals surface area (Å²) in [5.41, 5.74) is -0.0921. The third-order valence-corrected chi connectivity index (χ3v) is 3.61. The number of rotatable bonds is 5. The molecule has 0 aliphatic carbocycles. The summed E-state index contributed by atoms with van der Waals surface area (Å²) in [4.78, 5) is 10.1. The molecule has 1 N–H and O–H groups in total. The van der Waals surface area contributed by atoms with Crippen LogP contribution in [0.2, 0.25) is 5.02 Å². The van der Waals surface area contributed by atoms with E-state index in [2.05, 4.69) is 5.32 Å². The lowest BCUT2D eigenvalue weighted by Gasteiger charge is -2.22. The zero-order valence-electron chi connectivity index (χ0n) is 10.6. The Morgan fingerprint density at radius 3 is 3.00 bits per heavy atom. The molecule has 0 bridgehead atoms. The Hall–Kier alpha value is -1.33. The van der Waals surface area contributed by atoms with E-state index < -0.39 is 4.92 Å². The van der Waals surface area contributed by atoms with Crippen molar-refractivity contribution in [2.45, 2.75) is 19.3 Å². The molecule has 1 aromatic carbocycles. The standard InChI is InChI=1S/C13H17ClN2O3/c14-12-8-11(3-4-13(12)16(17)18)19-7-5-10-2-1-6-15-9-10/h3-4,8,10,15H,1-2,5-7,9H2. The maximum Gasteiger partial charge on any atom is 0.288 e. The summed E-state index contributed by atoms with van der Waals surface area (Å²) in [6.45, 7) is 2.76. The molecule has 1 fully saturated rings. The summed E-state index contributed by atoms with van der Waals surface area (Å²) in [6.07, 6.45) is 3.44. The van der Waals surface area contributed by atoms with Crippen LogP contribution in [0.3, 0.4) is 0 Å². The van der Waals surface area contributed by atoms with E-state index in [0.717, 1.165) is 19.5 Å². The summed E-state index contributed by atoms with van der Waals surface area (Å²) >= 11 is 5.82. The molecule has 0 aromatic heterocycles. The number of nitro groups is 1. The molecule has 0 spiro atoms. The first-order chi connectivity index (χ1) is 9.16. The molecule has 19 heavy (non-hydrogen) atoms. The smallest absolute Gasteiger partial charge is 0.288 e. The molecule has 5 nitrogen and oxygen atoms in total. The average Bonchev–Trinajstić information content (AvgIpc) is 2.39. The summed E-state index contributed by atoms with van der Waals surface area (Å²) in [6, 6.07) is 4.46. The third kappa shape index (κ3) is 4.08. The van der Waals surface area contributed by atoms with Crippen LogP contribution in [0.5, 0.6) is 5.75 Å². The fourth-order valence-corrected chi connectivity index (χ4v) is 2.48. The van der Waals surface area contributed by atoms with Gasteiger partial charge in [0.15, 0.2) is 0 Å². The van der Waals surface area contributed by atoms with E-state index in [9.17, 15) is 10.1 Å². The van der Waals surface area contributed by atoms with Crippen LogP contribution in [0.25, 0.3) is 0 Å². The highest BCUT2D eigenvalue weighted by atomic mass is 35.5. The lowest BCUT2D eigenvalue weighted by Crippen LogP contribution is -2.30. The third-order valence-electron chi connectivity index (χ3n) is 3.31. The maximum atomic E-state index is 10.6. The quantitative estimate of drug-likeness (QED) is 0.667. The molecule has 1 heterocycles. The SMILES string of the molecule is O=[N+]([O-])c1ccc(OCCC2CCCNC2)cc1Cl. The number of hydrogen-bond acceptors (Lipinski definition) is 4. The molecule has 0 radical (unpaired) electrons. The number of piperidine rings is 1. The molecular formula is C13H17ClN2O3. The van der Waals surface area contributed by atoms with E-state index in [-0.39, 0.29) is 10.7 Å². The van der Waals surface area contributed by atoms with Crippen LogP contribution in [0.1, 0.15) is 19.3 Å². The highest BCUT2D eigenvalue weighted by Gasteiger charge is 2.14. The summed E-state index contributed by atoms with van der Waals surface area (Å²) in [5, 5.41) is 14.1. The second-order valence-corrected chi connectivity index (χ2v) is 5.13. The van der Waals surface area contributed by atoms with Gasteiger partial charge < -0.3 is 10.1 Å². The van der Waals surface area contributed by atoms with Crippen molar-refractivity contribution in [3.63, 3.8) is 0 Å². The molecule has 6 heteroatoms. The van der Waals surface area contributed by atoms with Crippen molar-refractivity contribution in [3.8, 4) is 5.75 Å². The van der Waals surface area contributed by atoms with E-state index in [1.54, 1.807) is 6.07 Å². The molecule has 1 aliphatic heterocycles. The van der Waals surface area contributed by atoms with Gasteiger partial charge in [-0.1, -0.05) is 11.6 Å². The second kappa shape index (κ2) is 6.73. The Balaban J connectivity index is 1.82. The first-order valence-corrected chi connectivity index (χ1v) is 6.82. The van der Waals surface area contributed by atoms with Gasteiger partial charge in [0.2, 0.25) is 0 Å². The van der Waals surface area contributed by atoms with Gasteiger partial charge >= 0.3 is 0 Å². The van der Waals surface area contributed by atoms with E-state index >= 15 is 0 Å². The molecule has 1 aliphatic rings. The fourth-order valence-electron chi connectivity index (χ4n) is 2.24. The van der Waals surface area contributed by atoms with Gasteiger partial charge in [-0.05, 0) is 44.3 Å². The zero-order chi connectivity index (χ0) is 13.7. The largest absolute Gasteiger partial charge is 0.494 e. The van der Waals surface area contributed by atoms with Gasteiger partial charge in [-0.15, -0.1) is 0 Å². The lowest BCUT2D eigenvalue weighted by atomic mass is 9.97. The molecule has 2 rings (SSSR count). The van der Waals surface area contributed by atoms with Crippen LogP contribution < -0.4 is 10.1 Å². The van der Waals surface area contributed by atoms with E-state index in [1.807, 2.05) is 0 Å². The Labute approximate surface area is 117 Å². The van der Waals surface area contributed by atoms with Crippen molar-refractivity contribution in [1.82, 2.24) is 5.32 Å². The van der Waals surface area contributed by atoms with Gasteiger partial charge in [0.05, 0.1) is 11.5 Å². The Bertz CT molecular complexity index is 448. The van der Waals surface area contributed by atoms with Crippen molar-refractivity contribution >= 4 is 17.3 Å². The van der Waals surface area contributed by atoms with E-state index in [4.69, 9.17) is 16.3 Å². The minimum atomic E-state index is -0.500. The molecule has 104 valence electrons. The number of hydrogen-bond donors (Lipinski definition) is 1. The van der Waals surface area contributed by atoms with Crippen LogP contribution in [0.4, 0.5) is 5.69 Å². The van der Waals surface area contributed by atoms with Gasteiger partial charge in [0.1, 0.15) is 10.8 Å². The number of halogens is 1. The van der Waals surface area contributed by atoms with Crippen LogP contribution in [-0.4, -0.2) is 24.6 Å². The van der Waals surface area contributed by atoms with Crippen LogP contribution in [-0.2, 0) is 0 Å². The number of nitro benzene ring substituents is 1. The Morgan fingerprint density at radius 1 is 1.53 bits per heavy atom. The average molecular weight is 285 g/mol. The molecule has 1 unspecified atom stereocenters. The van der Waals surface area contributed by atoms with Gasteiger partial charge in [-0.3, -0.25) is 10.1 Å². The Morgan fingerprint density at radius 2 is 2.37 bits per heavy atom. The van der Waals surface area contributed by atoms with Gasteiger partial charge in [0, 0.05) is 12.1 Å². The number of nitrogens with zero attached hydrogens (tertiary/aromatic N) is 1. The number of benzene rings is 1. The van der Waals surface area contributed by atoms with E-state index in [0.29, 0.717) is 18.3 Å². The van der Waals surface area contributed by atoms with Gasteiger partial charge in [0.25, 0.3) is 5.69 Å². The van der Waals surface area contributed by atoms with Crippen LogP contribution in [0.15, 0.2) is 18.2 Å². The summed E-state index contributed by atoms with van der Waals surface area (Å²) in [7, 11) is 0. The van der Waals surface area contributed by atoms with Crippen LogP contribution in [0, 0.1) is 16.0 Å². The van der Waals surface area contributed by atoms with Crippen LogP contribution >= 0.6 is 11.6 Å². The predicted molar refractivity (Wildman–Crippen MR) is 73.8 cm³/mol. The first-order valence-electron chi connectivity index (χ1n) is 6.44. The zero-order valence-corrected chi connectivity index (χ0v) is 11.4. The molecule has 1 saturated heterocycles. The highest BCUT2D eigenvalue weighted by molar-refractivity contribution is 6.32. The molecule has 1 atom stereocenters. The monoisotopic (exact) mass is 284 g/mol. The minimum absolute atomic E-state index is 0.0921. The fraction of sp³-hybridized carbons (Fsp3) is 0.538.